The average Bonchev–Trinajstić information content (AvgIpc) is 2.61. The van der Waals surface area contributed by atoms with Crippen LogP contribution in [0.3, 0.4) is 0 Å². The molecule has 0 radical (unpaired) electrons. The minimum atomic E-state index is 0.145. The third kappa shape index (κ3) is 2.40. The summed E-state index contributed by atoms with van der Waals surface area (Å²) in [5.74, 6) is 1.55. The third-order valence-corrected chi connectivity index (χ3v) is 4.72. The molecule has 0 bridgehead atoms. The van der Waals surface area contributed by atoms with Crippen LogP contribution in [0, 0.1) is 12.8 Å². The van der Waals surface area contributed by atoms with E-state index in [1.165, 1.54) is 30.7 Å². The van der Waals surface area contributed by atoms with Crippen LogP contribution in [0.1, 0.15) is 54.1 Å². The number of nitrogens with zero attached hydrogens (tertiary/aromatic N) is 1. The summed E-state index contributed by atoms with van der Waals surface area (Å²) in [5, 5.41) is 10.4. The van der Waals surface area contributed by atoms with Gasteiger partial charge in [-0.3, -0.25) is 0 Å². The lowest BCUT2D eigenvalue weighted by Gasteiger charge is -2.24. The predicted octanol–water partition coefficient (Wildman–Crippen LogP) is 3.24. The molecule has 15 heavy (non-hydrogen) atoms. The number of hydrogen-bond acceptors (Lipinski definition) is 3. The van der Waals surface area contributed by atoms with Crippen LogP contribution < -0.4 is 0 Å². The van der Waals surface area contributed by atoms with Crippen LogP contribution in [0.15, 0.2) is 0 Å². The van der Waals surface area contributed by atoms with Gasteiger partial charge >= 0.3 is 0 Å². The largest absolute Gasteiger partial charge is 0.391 e. The normalized spacial score (nSPS) is 26.9. The highest BCUT2D eigenvalue weighted by atomic mass is 32.1. The molecular weight excluding hydrogens is 206 g/mol. The van der Waals surface area contributed by atoms with E-state index in [-0.39, 0.29) is 6.61 Å². The van der Waals surface area contributed by atoms with Crippen molar-refractivity contribution < 1.29 is 5.11 Å². The van der Waals surface area contributed by atoms with E-state index >= 15 is 0 Å². The SMILES string of the molecule is Cc1nc([C@H]2CC[C@H](C)CC2)sc1CO. The van der Waals surface area contributed by atoms with E-state index in [2.05, 4.69) is 11.9 Å². The van der Waals surface area contributed by atoms with E-state index in [1.54, 1.807) is 11.3 Å². The summed E-state index contributed by atoms with van der Waals surface area (Å²) in [6, 6.07) is 0. The molecule has 0 atom stereocenters. The van der Waals surface area contributed by atoms with Crippen molar-refractivity contribution in [1.82, 2.24) is 4.98 Å². The molecule has 0 spiro atoms. The van der Waals surface area contributed by atoms with E-state index in [9.17, 15) is 0 Å². The van der Waals surface area contributed by atoms with Crippen molar-refractivity contribution in [3.05, 3.63) is 15.6 Å². The lowest BCUT2D eigenvalue weighted by atomic mass is 9.83. The van der Waals surface area contributed by atoms with Crippen molar-refractivity contribution in [1.29, 1.82) is 0 Å². The van der Waals surface area contributed by atoms with Gasteiger partial charge in [-0.2, -0.15) is 0 Å². The Balaban J connectivity index is 2.09. The van der Waals surface area contributed by atoms with Crippen LogP contribution in [0.5, 0.6) is 0 Å². The smallest absolute Gasteiger partial charge is 0.0962 e. The first-order valence-electron chi connectivity index (χ1n) is 5.77. The topological polar surface area (TPSA) is 33.1 Å². The Bertz CT molecular complexity index is 326. The Kier molecular flexibility index (Phi) is 3.42. The second-order valence-electron chi connectivity index (χ2n) is 4.68. The molecule has 1 aromatic heterocycles. The Morgan fingerprint density at radius 3 is 2.53 bits per heavy atom. The van der Waals surface area contributed by atoms with Crippen LogP contribution in [0.2, 0.25) is 0 Å². The molecule has 2 rings (SSSR count). The first-order chi connectivity index (χ1) is 7.20. The summed E-state index contributed by atoms with van der Waals surface area (Å²) in [7, 11) is 0. The van der Waals surface area contributed by atoms with Crippen molar-refractivity contribution in [3.63, 3.8) is 0 Å². The van der Waals surface area contributed by atoms with Crippen LogP contribution in [-0.4, -0.2) is 10.1 Å². The number of aliphatic hydroxyl groups excluding tert-OH is 1. The van der Waals surface area contributed by atoms with Crippen molar-refractivity contribution in [2.45, 2.75) is 52.1 Å². The van der Waals surface area contributed by atoms with Crippen LogP contribution in [0.25, 0.3) is 0 Å². The highest BCUT2D eigenvalue weighted by Crippen LogP contribution is 2.37. The van der Waals surface area contributed by atoms with Gasteiger partial charge in [0.05, 0.1) is 22.2 Å². The Morgan fingerprint density at radius 2 is 2.00 bits per heavy atom. The first-order valence-corrected chi connectivity index (χ1v) is 6.59. The van der Waals surface area contributed by atoms with E-state index in [0.717, 1.165) is 16.5 Å². The highest BCUT2D eigenvalue weighted by molar-refractivity contribution is 7.11. The van der Waals surface area contributed by atoms with Gasteiger partial charge < -0.3 is 5.11 Å². The lowest BCUT2D eigenvalue weighted by Crippen LogP contribution is -2.10. The minimum absolute atomic E-state index is 0.145. The predicted molar refractivity (Wildman–Crippen MR) is 63.1 cm³/mol. The molecule has 0 unspecified atom stereocenters. The van der Waals surface area contributed by atoms with Crippen LogP contribution in [-0.2, 0) is 6.61 Å². The molecule has 1 saturated carbocycles. The summed E-state index contributed by atoms with van der Waals surface area (Å²) in [6.07, 6.45) is 5.22. The number of hydrogen-bond donors (Lipinski definition) is 1. The second kappa shape index (κ2) is 4.62. The molecule has 2 nitrogen and oxygen atoms in total. The van der Waals surface area contributed by atoms with Gasteiger partial charge in [0, 0.05) is 5.92 Å². The molecule has 1 fully saturated rings. The Labute approximate surface area is 95.4 Å². The van der Waals surface area contributed by atoms with E-state index in [1.807, 2.05) is 6.92 Å². The second-order valence-corrected chi connectivity index (χ2v) is 5.79. The van der Waals surface area contributed by atoms with Crippen LogP contribution >= 0.6 is 11.3 Å². The van der Waals surface area contributed by atoms with Crippen molar-refractivity contribution >= 4 is 11.3 Å². The van der Waals surface area contributed by atoms with Gasteiger partial charge in [-0.15, -0.1) is 11.3 Å². The summed E-state index contributed by atoms with van der Waals surface area (Å²) in [6.45, 7) is 4.48. The maximum Gasteiger partial charge on any atom is 0.0962 e. The first kappa shape index (κ1) is 11.1. The van der Waals surface area contributed by atoms with Gasteiger partial charge in [0.15, 0.2) is 0 Å². The molecule has 84 valence electrons. The fourth-order valence-electron chi connectivity index (χ4n) is 2.28. The standard InChI is InChI=1S/C12H19NOS/c1-8-3-5-10(6-4-8)12-13-9(2)11(7-14)15-12/h8,10,14H,3-7H2,1-2H3/t8-,10-. The van der Waals surface area contributed by atoms with Crippen molar-refractivity contribution in [2.75, 3.05) is 0 Å². The summed E-state index contributed by atoms with van der Waals surface area (Å²) in [4.78, 5) is 5.63. The molecular formula is C12H19NOS. The Morgan fingerprint density at radius 1 is 1.33 bits per heavy atom. The number of aromatic nitrogens is 1. The van der Waals surface area contributed by atoms with Gasteiger partial charge in [0.25, 0.3) is 0 Å². The maximum absolute atomic E-state index is 9.14. The molecule has 0 saturated heterocycles. The Hall–Kier alpha value is -0.410. The number of thiazole rings is 1. The van der Waals surface area contributed by atoms with Gasteiger partial charge in [0.1, 0.15) is 0 Å². The fourth-order valence-corrected chi connectivity index (χ4v) is 3.37. The molecule has 1 heterocycles. The third-order valence-electron chi connectivity index (χ3n) is 3.42. The van der Waals surface area contributed by atoms with Gasteiger partial charge in [-0.25, -0.2) is 4.98 Å². The maximum atomic E-state index is 9.14. The summed E-state index contributed by atoms with van der Waals surface area (Å²) >= 11 is 1.71. The molecule has 0 aromatic carbocycles. The molecule has 3 heteroatoms. The number of aryl methyl sites for hydroxylation is 1. The molecule has 1 N–H and O–H groups in total. The minimum Gasteiger partial charge on any atom is -0.391 e. The zero-order valence-corrected chi connectivity index (χ0v) is 10.3. The molecule has 1 aromatic rings. The summed E-state index contributed by atoms with van der Waals surface area (Å²) in [5.41, 5.74) is 1.02. The van der Waals surface area contributed by atoms with E-state index in [0.29, 0.717) is 5.92 Å². The zero-order chi connectivity index (χ0) is 10.8. The highest BCUT2D eigenvalue weighted by Gasteiger charge is 2.22. The number of rotatable bonds is 2. The average molecular weight is 225 g/mol. The molecule has 1 aliphatic carbocycles. The van der Waals surface area contributed by atoms with Gasteiger partial charge in [-0.1, -0.05) is 19.8 Å². The zero-order valence-electron chi connectivity index (χ0n) is 9.49. The van der Waals surface area contributed by atoms with Gasteiger partial charge in [-0.05, 0) is 25.7 Å². The molecule has 0 amide bonds. The van der Waals surface area contributed by atoms with Crippen molar-refractivity contribution in [2.24, 2.45) is 5.92 Å². The summed E-state index contributed by atoms with van der Waals surface area (Å²) < 4.78 is 0. The van der Waals surface area contributed by atoms with E-state index < -0.39 is 0 Å². The monoisotopic (exact) mass is 225 g/mol. The van der Waals surface area contributed by atoms with Crippen LogP contribution in [0.4, 0.5) is 0 Å². The number of aliphatic hydroxyl groups is 1. The molecule has 0 aliphatic heterocycles. The van der Waals surface area contributed by atoms with Crippen molar-refractivity contribution in [3.8, 4) is 0 Å². The quantitative estimate of drug-likeness (QED) is 0.838. The fraction of sp³-hybridized carbons (Fsp3) is 0.750. The van der Waals surface area contributed by atoms with E-state index in [4.69, 9.17) is 5.11 Å². The van der Waals surface area contributed by atoms with Gasteiger partial charge in [0.2, 0.25) is 0 Å². The molecule has 1 aliphatic rings. The lowest BCUT2D eigenvalue weighted by molar-refractivity contribution is 0.284.